The average Bonchev–Trinajstić information content (AvgIpc) is 2.59. The molecular weight excluding hydrogens is 196 g/mol. The van der Waals surface area contributed by atoms with E-state index in [9.17, 15) is 0 Å². The summed E-state index contributed by atoms with van der Waals surface area (Å²) in [4.78, 5) is 1.05. The molecule has 2 aromatic rings. The number of aryl methyl sites for hydroxylation is 1. The maximum Gasteiger partial charge on any atom is 0.0679 e. The summed E-state index contributed by atoms with van der Waals surface area (Å²) in [6.07, 6.45) is 1.84. The highest BCUT2D eigenvalue weighted by atomic mass is 32.2. The molecule has 0 amide bonds. The number of hydrogen-bond donors (Lipinski definition) is 1. The third-order valence-electron chi connectivity index (χ3n) is 2.16. The van der Waals surface area contributed by atoms with Crippen molar-refractivity contribution in [2.24, 2.45) is 16.5 Å². The molecule has 0 aliphatic carbocycles. The second-order valence-corrected chi connectivity index (χ2v) is 4.45. The van der Waals surface area contributed by atoms with E-state index in [1.54, 1.807) is 7.05 Å². The van der Waals surface area contributed by atoms with Crippen molar-refractivity contribution >= 4 is 21.8 Å². The number of nitrogens with two attached hydrogens (primary N) is 1. The molecule has 1 aromatic heterocycles. The summed E-state index contributed by atoms with van der Waals surface area (Å²) in [5.74, 6) is 0. The van der Waals surface area contributed by atoms with Crippen molar-refractivity contribution in [2.75, 3.05) is 7.05 Å². The third-order valence-corrected chi connectivity index (χ3v) is 3.29. The second-order valence-electron chi connectivity index (χ2n) is 2.99. The molecule has 0 saturated carbocycles. The molecule has 2 rings (SSSR count). The first kappa shape index (κ1) is 9.36. The first-order valence-electron chi connectivity index (χ1n) is 4.23. The van der Waals surface area contributed by atoms with Crippen LogP contribution in [0.1, 0.15) is 0 Å². The van der Waals surface area contributed by atoms with E-state index >= 15 is 0 Å². The second kappa shape index (κ2) is 3.51. The van der Waals surface area contributed by atoms with Gasteiger partial charge in [0, 0.05) is 24.4 Å². The minimum absolute atomic E-state index is 0.499. The standard InChI is InChI=1S/C9H12N4S/c1-11-14(10)8-3-4-9-7(5-8)6-12-13(9)2/h3-6H,1-2H3,(H2,10,11). The van der Waals surface area contributed by atoms with Crippen molar-refractivity contribution < 1.29 is 0 Å². The van der Waals surface area contributed by atoms with Crippen LogP contribution in [-0.4, -0.2) is 16.8 Å². The molecular formula is C9H12N4S. The summed E-state index contributed by atoms with van der Waals surface area (Å²) in [6.45, 7) is 0. The molecule has 1 unspecified atom stereocenters. The van der Waals surface area contributed by atoms with Crippen molar-refractivity contribution in [2.45, 2.75) is 4.90 Å². The quantitative estimate of drug-likeness (QED) is 0.766. The van der Waals surface area contributed by atoms with Crippen LogP contribution >= 0.6 is 0 Å². The number of benzene rings is 1. The highest BCUT2D eigenvalue weighted by Gasteiger charge is 2.01. The molecule has 0 saturated heterocycles. The Morgan fingerprint density at radius 3 is 3.00 bits per heavy atom. The lowest BCUT2D eigenvalue weighted by molar-refractivity contribution is 0.797. The average molecular weight is 208 g/mol. The van der Waals surface area contributed by atoms with Crippen LogP contribution < -0.4 is 5.14 Å². The van der Waals surface area contributed by atoms with E-state index in [2.05, 4.69) is 9.46 Å². The number of aromatic nitrogens is 2. The number of rotatable bonds is 1. The van der Waals surface area contributed by atoms with Gasteiger partial charge in [-0.15, -0.1) is 0 Å². The van der Waals surface area contributed by atoms with Crippen LogP contribution in [0, 0.1) is 0 Å². The molecule has 0 radical (unpaired) electrons. The molecule has 0 bridgehead atoms. The molecule has 1 heterocycles. The number of fused-ring (bicyclic) bond motifs is 1. The molecule has 1 aromatic carbocycles. The minimum atomic E-state index is -0.499. The van der Waals surface area contributed by atoms with Gasteiger partial charge >= 0.3 is 0 Å². The van der Waals surface area contributed by atoms with Gasteiger partial charge in [0.25, 0.3) is 0 Å². The van der Waals surface area contributed by atoms with Crippen LogP contribution in [-0.2, 0) is 17.9 Å². The number of nitrogens with zero attached hydrogens (tertiary/aromatic N) is 3. The Labute approximate surface area is 85.0 Å². The summed E-state index contributed by atoms with van der Waals surface area (Å²) in [5, 5.41) is 11.1. The molecule has 14 heavy (non-hydrogen) atoms. The molecule has 0 aliphatic heterocycles. The maximum absolute atomic E-state index is 5.83. The molecule has 2 N–H and O–H groups in total. The van der Waals surface area contributed by atoms with E-state index < -0.39 is 10.9 Å². The van der Waals surface area contributed by atoms with Crippen LogP contribution in [0.5, 0.6) is 0 Å². The van der Waals surface area contributed by atoms with Crippen LogP contribution in [0.25, 0.3) is 10.9 Å². The van der Waals surface area contributed by atoms with E-state index in [4.69, 9.17) is 5.14 Å². The van der Waals surface area contributed by atoms with Gasteiger partial charge in [-0.25, -0.2) is 4.36 Å². The predicted molar refractivity (Wildman–Crippen MR) is 58.9 cm³/mol. The first-order chi connectivity index (χ1) is 6.72. The zero-order valence-corrected chi connectivity index (χ0v) is 8.95. The topological polar surface area (TPSA) is 56.2 Å². The number of hydrogen-bond acceptors (Lipinski definition) is 2. The highest BCUT2D eigenvalue weighted by molar-refractivity contribution is 7.85. The van der Waals surface area contributed by atoms with Gasteiger partial charge in [-0.3, -0.25) is 9.82 Å². The summed E-state index contributed by atoms with van der Waals surface area (Å²) in [7, 11) is 3.16. The molecule has 0 spiro atoms. The van der Waals surface area contributed by atoms with Crippen LogP contribution in [0.4, 0.5) is 0 Å². The van der Waals surface area contributed by atoms with E-state index in [1.807, 2.05) is 36.1 Å². The third kappa shape index (κ3) is 1.44. The van der Waals surface area contributed by atoms with Crippen LogP contribution in [0.15, 0.2) is 33.7 Å². The fourth-order valence-electron chi connectivity index (χ4n) is 1.38. The van der Waals surface area contributed by atoms with Crippen molar-refractivity contribution in [3.63, 3.8) is 0 Å². The summed E-state index contributed by atoms with van der Waals surface area (Å²) in [5.41, 5.74) is 1.11. The van der Waals surface area contributed by atoms with Crippen molar-refractivity contribution in [3.8, 4) is 0 Å². The van der Waals surface area contributed by atoms with Gasteiger partial charge in [-0.1, -0.05) is 0 Å². The molecule has 4 nitrogen and oxygen atoms in total. The van der Waals surface area contributed by atoms with Gasteiger partial charge in [-0.2, -0.15) is 5.10 Å². The van der Waals surface area contributed by atoms with Gasteiger partial charge in [-0.05, 0) is 29.1 Å². The smallest absolute Gasteiger partial charge is 0.0679 e. The predicted octanol–water partition coefficient (Wildman–Crippen LogP) is 1.24. The van der Waals surface area contributed by atoms with E-state index in [0.717, 1.165) is 15.8 Å². The first-order valence-corrected chi connectivity index (χ1v) is 5.47. The summed E-state index contributed by atoms with van der Waals surface area (Å²) in [6, 6.07) is 6.06. The maximum atomic E-state index is 5.83. The van der Waals surface area contributed by atoms with Gasteiger partial charge in [0.2, 0.25) is 0 Å². The Balaban J connectivity index is 2.63. The lowest BCUT2D eigenvalue weighted by Gasteiger charge is -2.00. The highest BCUT2D eigenvalue weighted by Crippen LogP contribution is 2.16. The summed E-state index contributed by atoms with van der Waals surface area (Å²) < 4.78 is 5.89. The largest absolute Gasteiger partial charge is 0.268 e. The van der Waals surface area contributed by atoms with E-state index in [0.29, 0.717) is 0 Å². The van der Waals surface area contributed by atoms with Gasteiger partial charge in [0.1, 0.15) is 0 Å². The Kier molecular flexibility index (Phi) is 2.35. The SMILES string of the molecule is CN=S(N)c1ccc2c(cnn2C)c1. The zero-order chi connectivity index (χ0) is 10.1. The molecule has 74 valence electrons. The Morgan fingerprint density at radius 1 is 1.50 bits per heavy atom. The Morgan fingerprint density at radius 2 is 2.29 bits per heavy atom. The van der Waals surface area contributed by atoms with Gasteiger partial charge in [0.15, 0.2) is 0 Å². The van der Waals surface area contributed by atoms with Crippen molar-refractivity contribution in [1.82, 2.24) is 9.78 Å². The summed E-state index contributed by atoms with van der Waals surface area (Å²) >= 11 is 0. The van der Waals surface area contributed by atoms with Crippen LogP contribution in [0.2, 0.25) is 0 Å². The monoisotopic (exact) mass is 208 g/mol. The molecule has 1 atom stereocenters. The Bertz CT molecular complexity index is 500. The zero-order valence-electron chi connectivity index (χ0n) is 8.14. The molecule has 0 fully saturated rings. The van der Waals surface area contributed by atoms with Gasteiger partial charge in [0.05, 0.1) is 11.7 Å². The molecule has 5 heteroatoms. The Hall–Kier alpha value is -1.20. The fourth-order valence-corrected chi connectivity index (χ4v) is 2.04. The van der Waals surface area contributed by atoms with E-state index in [1.165, 1.54) is 0 Å². The lowest BCUT2D eigenvalue weighted by Crippen LogP contribution is -2.02. The van der Waals surface area contributed by atoms with Crippen molar-refractivity contribution in [1.29, 1.82) is 0 Å². The molecule has 0 aliphatic rings. The van der Waals surface area contributed by atoms with Gasteiger partial charge < -0.3 is 0 Å². The van der Waals surface area contributed by atoms with E-state index in [-0.39, 0.29) is 0 Å². The lowest BCUT2D eigenvalue weighted by atomic mass is 10.3. The van der Waals surface area contributed by atoms with Crippen molar-refractivity contribution in [3.05, 3.63) is 24.4 Å². The normalized spacial score (nSPS) is 13.6. The fraction of sp³-hybridized carbons (Fsp3) is 0.222. The minimum Gasteiger partial charge on any atom is -0.268 e. The van der Waals surface area contributed by atoms with Crippen LogP contribution in [0.3, 0.4) is 0 Å².